The van der Waals surface area contributed by atoms with E-state index in [1.807, 2.05) is 36.4 Å². The lowest BCUT2D eigenvalue weighted by Crippen LogP contribution is -2.16. The summed E-state index contributed by atoms with van der Waals surface area (Å²) in [6.45, 7) is 1.68. The second-order valence-electron chi connectivity index (χ2n) is 4.40. The molecule has 0 atom stereocenters. The third-order valence-electron chi connectivity index (χ3n) is 2.94. The number of benzene rings is 2. The zero-order valence-corrected chi connectivity index (χ0v) is 10.6. The maximum absolute atomic E-state index is 9.18. The van der Waals surface area contributed by atoms with E-state index in [9.17, 15) is 5.11 Å². The topological polar surface area (TPSA) is 56.0 Å². The molecule has 0 bridgehead atoms. The summed E-state index contributed by atoms with van der Waals surface area (Å²) in [6, 6.07) is 17.0. The molecular weight excluding hydrogens is 236 g/mol. The molecule has 2 aromatic carbocycles. The van der Waals surface area contributed by atoms with E-state index in [0.29, 0.717) is 11.3 Å². The molecule has 0 unspecified atom stereocenters. The van der Waals surface area contributed by atoms with Gasteiger partial charge in [0.2, 0.25) is 0 Å². The molecule has 3 heteroatoms. The Bertz CT molecular complexity index is 553. The van der Waals surface area contributed by atoms with Crippen LogP contribution in [0.25, 0.3) is 0 Å². The van der Waals surface area contributed by atoms with E-state index in [0.717, 1.165) is 19.5 Å². The first-order valence-electron chi connectivity index (χ1n) is 6.25. The number of rotatable bonds is 5. The van der Waals surface area contributed by atoms with Crippen LogP contribution >= 0.6 is 0 Å². The van der Waals surface area contributed by atoms with Gasteiger partial charge in [-0.25, -0.2) is 0 Å². The summed E-state index contributed by atoms with van der Waals surface area (Å²) in [5.74, 6) is 0.300. The minimum absolute atomic E-state index is 0.300. The molecular formula is C16H16N2O. The van der Waals surface area contributed by atoms with Crippen molar-refractivity contribution >= 4 is 0 Å². The summed E-state index contributed by atoms with van der Waals surface area (Å²) in [4.78, 5) is 0. The molecule has 0 radical (unpaired) electrons. The maximum atomic E-state index is 9.18. The van der Waals surface area contributed by atoms with E-state index in [4.69, 9.17) is 5.26 Å². The van der Waals surface area contributed by atoms with Crippen molar-refractivity contribution in [2.45, 2.75) is 13.0 Å². The van der Waals surface area contributed by atoms with Crippen molar-refractivity contribution in [1.29, 1.82) is 5.26 Å². The lowest BCUT2D eigenvalue weighted by atomic mass is 10.1. The molecule has 0 spiro atoms. The molecule has 0 aliphatic heterocycles. The van der Waals surface area contributed by atoms with Gasteiger partial charge < -0.3 is 10.4 Å². The zero-order valence-electron chi connectivity index (χ0n) is 10.6. The number of nitriles is 1. The Morgan fingerprint density at radius 2 is 1.58 bits per heavy atom. The molecule has 19 heavy (non-hydrogen) atoms. The van der Waals surface area contributed by atoms with Crippen LogP contribution in [0, 0.1) is 11.3 Å². The van der Waals surface area contributed by atoms with E-state index < -0.39 is 0 Å². The van der Waals surface area contributed by atoms with Gasteiger partial charge in [0.25, 0.3) is 0 Å². The number of aromatic hydroxyl groups is 1. The number of hydrogen-bond acceptors (Lipinski definition) is 3. The molecule has 3 nitrogen and oxygen atoms in total. The van der Waals surface area contributed by atoms with Crippen molar-refractivity contribution in [3.63, 3.8) is 0 Å². The fourth-order valence-corrected chi connectivity index (χ4v) is 1.83. The Balaban J connectivity index is 1.74. The number of phenols is 1. The monoisotopic (exact) mass is 252 g/mol. The highest BCUT2D eigenvalue weighted by atomic mass is 16.3. The lowest BCUT2D eigenvalue weighted by Gasteiger charge is -2.05. The van der Waals surface area contributed by atoms with Gasteiger partial charge in [0.05, 0.1) is 11.6 Å². The van der Waals surface area contributed by atoms with Crippen molar-refractivity contribution in [1.82, 2.24) is 5.32 Å². The van der Waals surface area contributed by atoms with Gasteiger partial charge in [0.1, 0.15) is 5.75 Å². The van der Waals surface area contributed by atoms with Crippen LogP contribution in [0.4, 0.5) is 0 Å². The van der Waals surface area contributed by atoms with E-state index >= 15 is 0 Å². The molecule has 96 valence electrons. The van der Waals surface area contributed by atoms with Crippen molar-refractivity contribution in [2.24, 2.45) is 0 Å². The third kappa shape index (κ3) is 4.13. The highest BCUT2D eigenvalue weighted by Gasteiger charge is 1.96. The van der Waals surface area contributed by atoms with Gasteiger partial charge in [-0.2, -0.15) is 5.26 Å². The van der Waals surface area contributed by atoms with Crippen LogP contribution < -0.4 is 5.32 Å². The lowest BCUT2D eigenvalue weighted by molar-refractivity contribution is 0.475. The summed E-state index contributed by atoms with van der Waals surface area (Å²) in [5, 5.41) is 21.2. The van der Waals surface area contributed by atoms with E-state index in [1.165, 1.54) is 11.1 Å². The Morgan fingerprint density at radius 1 is 0.947 bits per heavy atom. The average molecular weight is 252 g/mol. The molecule has 0 saturated carbocycles. The molecule has 2 rings (SSSR count). The summed E-state index contributed by atoms with van der Waals surface area (Å²) in [5.41, 5.74) is 3.06. The minimum atomic E-state index is 0.300. The number of nitrogens with one attached hydrogen (secondary N) is 1. The second-order valence-corrected chi connectivity index (χ2v) is 4.40. The van der Waals surface area contributed by atoms with Crippen molar-refractivity contribution in [3.05, 3.63) is 65.2 Å². The summed E-state index contributed by atoms with van der Waals surface area (Å²) in [7, 11) is 0. The van der Waals surface area contributed by atoms with E-state index in [-0.39, 0.29) is 0 Å². The molecule has 0 heterocycles. The Morgan fingerprint density at radius 3 is 2.21 bits per heavy atom. The largest absolute Gasteiger partial charge is 0.508 e. The fourth-order valence-electron chi connectivity index (χ4n) is 1.83. The number of nitrogens with zero attached hydrogens (tertiary/aromatic N) is 1. The highest BCUT2D eigenvalue weighted by molar-refractivity contribution is 5.31. The minimum Gasteiger partial charge on any atom is -0.508 e. The highest BCUT2D eigenvalue weighted by Crippen LogP contribution is 2.09. The fraction of sp³-hybridized carbons (Fsp3) is 0.188. The van der Waals surface area contributed by atoms with Gasteiger partial charge >= 0.3 is 0 Å². The van der Waals surface area contributed by atoms with Crippen LogP contribution in [0.2, 0.25) is 0 Å². The van der Waals surface area contributed by atoms with Gasteiger partial charge in [-0.15, -0.1) is 0 Å². The SMILES string of the molecule is N#Cc1ccc(CNCCc2ccc(O)cc2)cc1. The molecule has 0 aromatic heterocycles. The average Bonchev–Trinajstić information content (AvgIpc) is 2.46. The predicted molar refractivity (Wildman–Crippen MR) is 74.7 cm³/mol. The van der Waals surface area contributed by atoms with Crippen LogP contribution in [0.1, 0.15) is 16.7 Å². The maximum Gasteiger partial charge on any atom is 0.115 e. The summed E-state index contributed by atoms with van der Waals surface area (Å²) < 4.78 is 0. The van der Waals surface area contributed by atoms with E-state index in [1.54, 1.807) is 12.1 Å². The van der Waals surface area contributed by atoms with Gasteiger partial charge in [-0.05, 0) is 48.4 Å². The quantitative estimate of drug-likeness (QED) is 0.804. The molecule has 2 N–H and O–H groups in total. The van der Waals surface area contributed by atoms with E-state index in [2.05, 4.69) is 11.4 Å². The molecule has 0 aliphatic rings. The molecule has 0 fully saturated rings. The predicted octanol–water partition coefficient (Wildman–Crippen LogP) is 2.60. The smallest absolute Gasteiger partial charge is 0.115 e. The van der Waals surface area contributed by atoms with Crippen molar-refractivity contribution in [2.75, 3.05) is 6.54 Å². The Labute approximate surface area is 113 Å². The molecule has 0 aliphatic carbocycles. The first-order chi connectivity index (χ1) is 9.28. The number of hydrogen-bond donors (Lipinski definition) is 2. The van der Waals surface area contributed by atoms with Crippen LogP contribution in [-0.4, -0.2) is 11.7 Å². The Hall–Kier alpha value is -2.31. The first kappa shape index (κ1) is 13.1. The Kier molecular flexibility index (Phi) is 4.54. The van der Waals surface area contributed by atoms with Crippen molar-refractivity contribution < 1.29 is 5.11 Å². The van der Waals surface area contributed by atoms with Crippen LogP contribution in [-0.2, 0) is 13.0 Å². The van der Waals surface area contributed by atoms with Crippen LogP contribution in [0.15, 0.2) is 48.5 Å². The summed E-state index contributed by atoms with van der Waals surface area (Å²) >= 11 is 0. The van der Waals surface area contributed by atoms with Crippen LogP contribution in [0.3, 0.4) is 0 Å². The third-order valence-corrected chi connectivity index (χ3v) is 2.94. The standard InChI is InChI=1S/C16H16N2O/c17-11-14-1-3-15(4-2-14)12-18-10-9-13-5-7-16(19)8-6-13/h1-8,18-19H,9-10,12H2. The van der Waals surface area contributed by atoms with Gasteiger partial charge in [-0.1, -0.05) is 24.3 Å². The zero-order chi connectivity index (χ0) is 13.5. The molecule has 0 amide bonds. The normalized spacial score (nSPS) is 10.1. The van der Waals surface area contributed by atoms with Crippen LogP contribution in [0.5, 0.6) is 5.75 Å². The van der Waals surface area contributed by atoms with Gasteiger partial charge in [-0.3, -0.25) is 0 Å². The van der Waals surface area contributed by atoms with Crippen molar-refractivity contribution in [3.8, 4) is 11.8 Å². The second kappa shape index (κ2) is 6.58. The van der Waals surface area contributed by atoms with Gasteiger partial charge in [0.15, 0.2) is 0 Å². The molecule has 0 saturated heterocycles. The van der Waals surface area contributed by atoms with Gasteiger partial charge in [0, 0.05) is 6.54 Å². The summed E-state index contributed by atoms with van der Waals surface area (Å²) in [6.07, 6.45) is 0.927. The first-order valence-corrected chi connectivity index (χ1v) is 6.25. The number of phenolic OH excluding ortho intramolecular Hbond substituents is 1. The molecule has 2 aromatic rings.